The largest absolute Gasteiger partial charge is 0.395 e. The van der Waals surface area contributed by atoms with Gasteiger partial charge in [-0.05, 0) is 61.9 Å². The van der Waals surface area contributed by atoms with E-state index in [0.29, 0.717) is 18.3 Å². The molecule has 4 aromatic rings. The van der Waals surface area contributed by atoms with Crippen molar-refractivity contribution in [1.29, 1.82) is 0 Å². The van der Waals surface area contributed by atoms with E-state index in [1.165, 1.54) is 0 Å². The Morgan fingerprint density at radius 2 is 1.41 bits per heavy atom. The molecule has 2 aromatic carbocycles. The second kappa shape index (κ2) is 12.0. The van der Waals surface area contributed by atoms with E-state index >= 15 is 0 Å². The number of amidine groups is 1. The molecule has 0 aliphatic carbocycles. The van der Waals surface area contributed by atoms with Gasteiger partial charge in [-0.1, -0.05) is 6.07 Å². The number of nitrogens with two attached hydrogens (primary N) is 1. The van der Waals surface area contributed by atoms with Gasteiger partial charge in [0.1, 0.15) is 0 Å². The molecule has 1 unspecified atom stereocenters. The van der Waals surface area contributed by atoms with Crippen LogP contribution in [0, 0.1) is 13.8 Å². The standard InChI is InChI=1S/C33H42N10O/c1-21-17-29(39(3)4)25-19-23(7-9-27(25)35-21)31-37-32(43(34)33(38-31)42-13-11-41(12-14-42)15-16-44)24-8-10-28-26(20-24)30(40(5)6)18-22(2)36-28/h7-10,17-20,32,44H,11-16,34H2,1-6H3. The summed E-state index contributed by atoms with van der Waals surface area (Å²) in [5.41, 5.74) is 7.88. The quantitative estimate of drug-likeness (QED) is 0.325. The number of aliphatic imine (C=N–C) groups is 2. The zero-order valence-electron chi connectivity index (χ0n) is 26.5. The average molecular weight is 595 g/mol. The molecule has 2 aliphatic heterocycles. The predicted octanol–water partition coefficient (Wildman–Crippen LogP) is 3.13. The first-order chi connectivity index (χ1) is 21.1. The van der Waals surface area contributed by atoms with Gasteiger partial charge in [-0.3, -0.25) is 19.9 Å². The number of hydrogen-bond acceptors (Lipinski definition) is 11. The molecule has 0 spiro atoms. The van der Waals surface area contributed by atoms with Crippen molar-refractivity contribution in [1.82, 2.24) is 24.8 Å². The van der Waals surface area contributed by atoms with E-state index in [0.717, 1.165) is 81.9 Å². The Labute approximate surface area is 258 Å². The minimum Gasteiger partial charge on any atom is -0.395 e. The highest BCUT2D eigenvalue weighted by Crippen LogP contribution is 2.33. The van der Waals surface area contributed by atoms with Gasteiger partial charge in [0.05, 0.1) is 17.6 Å². The van der Waals surface area contributed by atoms with E-state index in [1.807, 2.05) is 54.2 Å². The minimum atomic E-state index is -0.492. The van der Waals surface area contributed by atoms with E-state index in [-0.39, 0.29) is 6.61 Å². The van der Waals surface area contributed by atoms with Gasteiger partial charge in [-0.15, -0.1) is 0 Å². The lowest BCUT2D eigenvalue weighted by Crippen LogP contribution is -2.57. The van der Waals surface area contributed by atoms with Crippen molar-refractivity contribution in [3.8, 4) is 0 Å². The molecule has 2 aliphatic rings. The number of aryl methyl sites for hydroxylation is 2. The molecule has 4 heterocycles. The van der Waals surface area contributed by atoms with Gasteiger partial charge in [-0.2, -0.15) is 4.99 Å². The molecule has 6 rings (SSSR count). The number of anilines is 2. The van der Waals surface area contributed by atoms with Crippen LogP contribution in [0.5, 0.6) is 0 Å². The Morgan fingerprint density at radius 3 is 2.00 bits per heavy atom. The fraction of sp³-hybridized carbons (Fsp3) is 0.394. The van der Waals surface area contributed by atoms with Crippen LogP contribution < -0.4 is 15.6 Å². The number of aliphatic hydroxyl groups excluding tert-OH is 1. The van der Waals surface area contributed by atoms with Crippen molar-refractivity contribution >= 4 is 45.0 Å². The Morgan fingerprint density at radius 1 is 0.818 bits per heavy atom. The molecule has 230 valence electrons. The number of β-amino-alcohol motifs (C(OH)–C–C–N with tert-alkyl or cyclic N) is 1. The smallest absolute Gasteiger partial charge is 0.220 e. The van der Waals surface area contributed by atoms with Crippen molar-refractivity contribution in [3.05, 3.63) is 71.0 Å². The summed E-state index contributed by atoms with van der Waals surface area (Å²) in [4.78, 5) is 28.5. The second-order valence-electron chi connectivity index (χ2n) is 12.1. The number of benzene rings is 2. The summed E-state index contributed by atoms with van der Waals surface area (Å²) in [5, 5.41) is 13.2. The summed E-state index contributed by atoms with van der Waals surface area (Å²) in [5.74, 6) is 8.23. The molecule has 0 bridgehead atoms. The van der Waals surface area contributed by atoms with Gasteiger partial charge in [0.2, 0.25) is 5.96 Å². The number of guanidine groups is 1. The number of aromatic nitrogens is 2. The lowest BCUT2D eigenvalue weighted by molar-refractivity contribution is 0.135. The molecule has 0 saturated carbocycles. The van der Waals surface area contributed by atoms with E-state index in [4.69, 9.17) is 25.8 Å². The normalized spacial score (nSPS) is 17.7. The van der Waals surface area contributed by atoms with Crippen molar-refractivity contribution in [2.24, 2.45) is 15.8 Å². The topological polar surface area (TPSA) is 113 Å². The van der Waals surface area contributed by atoms with Crippen LogP contribution in [0.1, 0.15) is 28.7 Å². The van der Waals surface area contributed by atoms with E-state index in [1.54, 1.807) is 5.01 Å². The van der Waals surface area contributed by atoms with Crippen molar-refractivity contribution in [2.45, 2.75) is 20.0 Å². The molecule has 11 nitrogen and oxygen atoms in total. The molecule has 44 heavy (non-hydrogen) atoms. The predicted molar refractivity (Wildman–Crippen MR) is 179 cm³/mol. The molecule has 1 fully saturated rings. The zero-order chi connectivity index (χ0) is 31.1. The highest BCUT2D eigenvalue weighted by Gasteiger charge is 2.32. The van der Waals surface area contributed by atoms with E-state index in [9.17, 15) is 5.11 Å². The summed E-state index contributed by atoms with van der Waals surface area (Å²) >= 11 is 0. The molecular weight excluding hydrogens is 552 g/mol. The Balaban J connectivity index is 1.47. The van der Waals surface area contributed by atoms with Crippen molar-refractivity contribution in [3.63, 3.8) is 0 Å². The van der Waals surface area contributed by atoms with Gasteiger partial charge in [0.25, 0.3) is 0 Å². The first kappa shape index (κ1) is 29.7. The first-order valence-corrected chi connectivity index (χ1v) is 15.1. The molecule has 1 saturated heterocycles. The second-order valence-corrected chi connectivity index (χ2v) is 12.1. The molecule has 3 N–H and O–H groups in total. The summed E-state index contributed by atoms with van der Waals surface area (Å²) in [6, 6.07) is 16.7. The average Bonchev–Trinajstić information content (AvgIpc) is 3.00. The molecular formula is C33H42N10O. The highest BCUT2D eigenvalue weighted by atomic mass is 16.3. The maximum absolute atomic E-state index is 9.45. The highest BCUT2D eigenvalue weighted by molar-refractivity contribution is 6.10. The fourth-order valence-electron chi connectivity index (χ4n) is 6.12. The third-order valence-corrected chi connectivity index (χ3v) is 8.39. The summed E-state index contributed by atoms with van der Waals surface area (Å²) in [6.07, 6.45) is -0.492. The van der Waals surface area contributed by atoms with Crippen LogP contribution >= 0.6 is 0 Å². The number of rotatable bonds is 6. The summed E-state index contributed by atoms with van der Waals surface area (Å²) in [7, 11) is 8.19. The van der Waals surface area contributed by atoms with E-state index in [2.05, 4.69) is 56.0 Å². The van der Waals surface area contributed by atoms with E-state index < -0.39 is 6.17 Å². The van der Waals surface area contributed by atoms with Crippen LogP contribution in [0.4, 0.5) is 11.4 Å². The number of pyridine rings is 2. The van der Waals surface area contributed by atoms with Gasteiger partial charge < -0.3 is 19.8 Å². The number of hydrazine groups is 1. The van der Waals surface area contributed by atoms with Crippen LogP contribution in [0.3, 0.4) is 0 Å². The molecule has 11 heteroatoms. The Kier molecular flexibility index (Phi) is 8.10. The molecule has 0 radical (unpaired) electrons. The molecule has 0 amide bonds. The van der Waals surface area contributed by atoms with Crippen LogP contribution in [0.25, 0.3) is 21.8 Å². The van der Waals surface area contributed by atoms with Crippen LogP contribution in [0.15, 0.2) is 58.5 Å². The first-order valence-electron chi connectivity index (χ1n) is 15.1. The van der Waals surface area contributed by atoms with Gasteiger partial charge in [0, 0.05) is 100 Å². The maximum Gasteiger partial charge on any atom is 0.220 e. The van der Waals surface area contributed by atoms with Crippen LogP contribution in [-0.2, 0) is 0 Å². The third-order valence-electron chi connectivity index (χ3n) is 8.39. The number of hydrogen-bond donors (Lipinski definition) is 2. The minimum absolute atomic E-state index is 0.152. The van der Waals surface area contributed by atoms with Gasteiger partial charge in [-0.25, -0.2) is 10.8 Å². The van der Waals surface area contributed by atoms with Gasteiger partial charge in [0.15, 0.2) is 12.0 Å². The number of aliphatic hydroxyl groups is 1. The number of piperazine rings is 1. The summed E-state index contributed by atoms with van der Waals surface area (Å²) in [6.45, 7) is 8.01. The monoisotopic (exact) mass is 594 g/mol. The fourth-order valence-corrected chi connectivity index (χ4v) is 6.12. The number of nitrogens with zero attached hydrogens (tertiary/aromatic N) is 9. The lowest BCUT2D eigenvalue weighted by Gasteiger charge is -2.41. The SMILES string of the molecule is Cc1cc(N(C)C)c2cc(C3=NC(c4ccc5nc(C)cc(N(C)C)c5c4)N(N)C(N4CCN(CCO)CC4)=N3)ccc2n1. The van der Waals surface area contributed by atoms with Crippen LogP contribution in [-0.4, -0.2) is 109 Å². The third kappa shape index (κ3) is 5.66. The zero-order valence-corrected chi connectivity index (χ0v) is 26.5. The molecule has 2 aromatic heterocycles. The number of fused-ring (bicyclic) bond motifs is 2. The Bertz CT molecular complexity index is 1760. The van der Waals surface area contributed by atoms with Crippen LogP contribution in [0.2, 0.25) is 0 Å². The lowest BCUT2D eigenvalue weighted by atomic mass is 10.0. The van der Waals surface area contributed by atoms with Crippen molar-refractivity contribution < 1.29 is 5.11 Å². The van der Waals surface area contributed by atoms with Crippen molar-refractivity contribution in [2.75, 3.05) is 77.3 Å². The molecule has 1 atom stereocenters. The maximum atomic E-state index is 9.45. The Hall–Kier alpha value is -4.32. The van der Waals surface area contributed by atoms with Gasteiger partial charge >= 0.3 is 0 Å². The summed E-state index contributed by atoms with van der Waals surface area (Å²) < 4.78 is 0.